The summed E-state index contributed by atoms with van der Waals surface area (Å²) in [5, 5.41) is 0.114. The fourth-order valence-corrected chi connectivity index (χ4v) is 10.1. The maximum absolute atomic E-state index is 7.58. The average Bonchev–Trinajstić information content (AvgIpc) is 3.28. The first-order valence-corrected chi connectivity index (χ1v) is 21.4. The van der Waals surface area contributed by atoms with Gasteiger partial charge in [-0.3, -0.25) is 4.98 Å². The van der Waals surface area contributed by atoms with Crippen LogP contribution < -0.4 is 0 Å². The maximum atomic E-state index is 7.58. The SMILES string of the molecule is CC1(C)Cc2nc(C3CCOCC3)c3c(c2C(O[Si](C)(C)C(C)(C)C)C1)C1(CCOCC1I)OC3c1ccc(C(C)(C)C)cc1. The second-order valence-electron chi connectivity index (χ2n) is 17.5. The Morgan fingerprint density at radius 1 is 0.933 bits per heavy atom. The van der Waals surface area contributed by atoms with Gasteiger partial charge in [0.2, 0.25) is 0 Å². The molecule has 4 heterocycles. The molecule has 2 saturated heterocycles. The number of pyridine rings is 1. The Bertz CT molecular complexity index is 1400. The van der Waals surface area contributed by atoms with Gasteiger partial charge in [-0.25, -0.2) is 0 Å². The van der Waals surface area contributed by atoms with Crippen LogP contribution in [0.5, 0.6) is 0 Å². The van der Waals surface area contributed by atoms with E-state index in [1.165, 1.54) is 39.2 Å². The number of benzene rings is 1. The van der Waals surface area contributed by atoms with Crippen LogP contribution in [-0.2, 0) is 36.1 Å². The minimum Gasteiger partial charge on any atom is -0.410 e. The van der Waals surface area contributed by atoms with Gasteiger partial charge in [0, 0.05) is 54.5 Å². The Kier molecular flexibility index (Phi) is 9.03. The molecule has 0 amide bonds. The molecule has 4 aliphatic rings. The minimum atomic E-state index is -2.10. The van der Waals surface area contributed by atoms with Crippen LogP contribution in [-0.4, -0.2) is 43.7 Å². The van der Waals surface area contributed by atoms with Crippen molar-refractivity contribution in [1.82, 2.24) is 4.98 Å². The van der Waals surface area contributed by atoms with Crippen molar-refractivity contribution in [3.8, 4) is 0 Å². The topological polar surface area (TPSA) is 49.8 Å². The predicted octanol–water partition coefficient (Wildman–Crippen LogP) is 9.85. The van der Waals surface area contributed by atoms with E-state index in [0.717, 1.165) is 45.3 Å². The number of halogens is 1. The lowest BCUT2D eigenvalue weighted by Crippen LogP contribution is -2.47. The zero-order valence-electron chi connectivity index (χ0n) is 29.4. The van der Waals surface area contributed by atoms with Gasteiger partial charge in [-0.1, -0.05) is 102 Å². The van der Waals surface area contributed by atoms with Crippen molar-refractivity contribution in [3.63, 3.8) is 0 Å². The number of alkyl halides is 1. The van der Waals surface area contributed by atoms with Crippen LogP contribution in [0.25, 0.3) is 0 Å². The van der Waals surface area contributed by atoms with Gasteiger partial charge in [0.15, 0.2) is 8.32 Å². The van der Waals surface area contributed by atoms with Gasteiger partial charge >= 0.3 is 0 Å². The van der Waals surface area contributed by atoms with E-state index in [1.807, 2.05) is 0 Å². The standard InChI is InChI=1S/C38H56INO4Si/c1-35(2,3)26-13-11-25(12-14-26)34-31-32(38(43-34)17-20-42-23-29(38)39)30-27(40-33(31)24-15-18-41-19-16-24)21-37(7,8)22-28(30)44-45(9,10)36(4,5)6/h11-14,24,28-29,34H,15-23H2,1-10H3. The van der Waals surface area contributed by atoms with E-state index < -0.39 is 13.9 Å². The summed E-state index contributed by atoms with van der Waals surface area (Å²) in [5.41, 5.74) is 8.91. The maximum Gasteiger partial charge on any atom is 0.192 e. The van der Waals surface area contributed by atoms with Crippen LogP contribution >= 0.6 is 22.6 Å². The average molecular weight is 746 g/mol. The van der Waals surface area contributed by atoms with Gasteiger partial charge in [0.05, 0.1) is 22.3 Å². The lowest BCUT2D eigenvalue weighted by atomic mass is 9.69. The highest BCUT2D eigenvalue weighted by atomic mass is 127. The Balaban J connectivity index is 1.63. The molecule has 6 rings (SSSR count). The fraction of sp³-hybridized carbons (Fsp3) is 0.711. The van der Waals surface area contributed by atoms with Gasteiger partial charge in [-0.15, -0.1) is 0 Å². The van der Waals surface area contributed by atoms with Gasteiger partial charge < -0.3 is 18.6 Å². The predicted molar refractivity (Wildman–Crippen MR) is 193 cm³/mol. The number of hydrogen-bond acceptors (Lipinski definition) is 5. The quantitative estimate of drug-likeness (QED) is 0.177. The van der Waals surface area contributed by atoms with Gasteiger partial charge in [0.1, 0.15) is 11.7 Å². The van der Waals surface area contributed by atoms with E-state index in [2.05, 4.69) is 115 Å². The summed E-state index contributed by atoms with van der Waals surface area (Å²) in [7, 11) is -2.10. The van der Waals surface area contributed by atoms with Gasteiger partial charge in [0.25, 0.3) is 0 Å². The van der Waals surface area contributed by atoms with Crippen molar-refractivity contribution in [2.24, 2.45) is 5.41 Å². The number of rotatable bonds is 4. The second kappa shape index (κ2) is 11.9. The molecule has 2 aromatic rings. The highest BCUT2D eigenvalue weighted by molar-refractivity contribution is 14.1. The van der Waals surface area contributed by atoms with Crippen LogP contribution in [0.3, 0.4) is 0 Å². The first-order chi connectivity index (χ1) is 20.9. The summed E-state index contributed by atoms with van der Waals surface area (Å²) in [6.45, 7) is 26.5. The zero-order chi connectivity index (χ0) is 32.6. The molecule has 1 aromatic carbocycles. The molecule has 45 heavy (non-hydrogen) atoms. The van der Waals surface area contributed by atoms with Crippen LogP contribution in [0.15, 0.2) is 24.3 Å². The third kappa shape index (κ3) is 6.25. The first kappa shape index (κ1) is 34.0. The third-order valence-corrected chi connectivity index (χ3v) is 17.3. The zero-order valence-corrected chi connectivity index (χ0v) is 32.6. The van der Waals surface area contributed by atoms with Crippen molar-refractivity contribution in [2.75, 3.05) is 26.4 Å². The Morgan fingerprint density at radius 3 is 2.20 bits per heavy atom. The van der Waals surface area contributed by atoms with Crippen LogP contribution in [0.4, 0.5) is 0 Å². The number of hydrogen-bond donors (Lipinski definition) is 0. The number of nitrogens with zero attached hydrogens (tertiary/aromatic N) is 1. The van der Waals surface area contributed by atoms with Crippen molar-refractivity contribution in [1.29, 1.82) is 0 Å². The molecule has 0 bridgehead atoms. The van der Waals surface area contributed by atoms with Gasteiger partial charge in [-0.2, -0.15) is 0 Å². The monoisotopic (exact) mass is 745 g/mol. The molecule has 4 unspecified atom stereocenters. The summed E-state index contributed by atoms with van der Waals surface area (Å²) in [6.07, 6.45) is 4.67. The smallest absolute Gasteiger partial charge is 0.192 e. The molecule has 2 fully saturated rings. The van der Waals surface area contributed by atoms with Crippen molar-refractivity contribution < 1.29 is 18.6 Å². The molecule has 1 aromatic heterocycles. The van der Waals surface area contributed by atoms with E-state index in [-0.39, 0.29) is 32.0 Å². The second-order valence-corrected chi connectivity index (χ2v) is 23.8. The lowest BCUT2D eigenvalue weighted by Gasteiger charge is -2.47. The van der Waals surface area contributed by atoms with Crippen molar-refractivity contribution in [3.05, 3.63) is 63.5 Å². The molecule has 7 heteroatoms. The largest absolute Gasteiger partial charge is 0.410 e. The first-order valence-electron chi connectivity index (χ1n) is 17.3. The molecule has 3 aliphatic heterocycles. The van der Waals surface area contributed by atoms with Crippen LogP contribution in [0, 0.1) is 5.41 Å². The Labute approximate surface area is 287 Å². The molecule has 0 saturated carbocycles. The summed E-state index contributed by atoms with van der Waals surface area (Å²) in [5.74, 6) is 0.366. The number of ether oxygens (including phenoxy) is 3. The molecule has 248 valence electrons. The van der Waals surface area contributed by atoms with Gasteiger partial charge in [-0.05, 0) is 65.8 Å². The number of aromatic nitrogens is 1. The van der Waals surface area contributed by atoms with Crippen molar-refractivity contribution in [2.45, 2.75) is 139 Å². The molecule has 5 nitrogen and oxygen atoms in total. The lowest BCUT2D eigenvalue weighted by molar-refractivity contribution is -0.113. The molecule has 4 atom stereocenters. The summed E-state index contributed by atoms with van der Waals surface area (Å²) in [6, 6.07) is 9.24. The van der Waals surface area contributed by atoms with E-state index >= 15 is 0 Å². The minimum absolute atomic E-state index is 0.00330. The molecule has 1 spiro atoms. The summed E-state index contributed by atoms with van der Waals surface area (Å²) < 4.78 is 27.2. The normalized spacial score (nSPS) is 29.1. The van der Waals surface area contributed by atoms with Crippen LogP contribution in [0.1, 0.15) is 138 Å². The molecule has 0 N–H and O–H groups in total. The molecular weight excluding hydrogens is 689 g/mol. The fourth-order valence-electron chi connectivity index (χ4n) is 7.77. The molecule has 1 aliphatic carbocycles. The van der Waals surface area contributed by atoms with Crippen molar-refractivity contribution >= 4 is 30.9 Å². The van der Waals surface area contributed by atoms with E-state index in [0.29, 0.717) is 19.1 Å². The Hall–Kier alpha value is -0.843. The highest BCUT2D eigenvalue weighted by Gasteiger charge is 2.57. The van der Waals surface area contributed by atoms with E-state index in [1.54, 1.807) is 0 Å². The summed E-state index contributed by atoms with van der Waals surface area (Å²) in [4.78, 5) is 5.75. The number of fused-ring (bicyclic) bond motifs is 4. The van der Waals surface area contributed by atoms with E-state index in [4.69, 9.17) is 23.6 Å². The molecule has 0 radical (unpaired) electrons. The van der Waals surface area contributed by atoms with Crippen LogP contribution in [0.2, 0.25) is 18.1 Å². The summed E-state index contributed by atoms with van der Waals surface area (Å²) >= 11 is 2.63. The van der Waals surface area contributed by atoms with E-state index in [9.17, 15) is 0 Å². The highest BCUT2D eigenvalue weighted by Crippen LogP contribution is 2.60. The molecular formula is C38H56INO4Si. The third-order valence-electron chi connectivity index (χ3n) is 11.4. The Morgan fingerprint density at radius 2 is 1.60 bits per heavy atom.